The van der Waals surface area contributed by atoms with Gasteiger partial charge in [-0.05, 0) is 30.7 Å². The predicted molar refractivity (Wildman–Crippen MR) is 90.4 cm³/mol. The molecule has 2 rings (SSSR count). The van der Waals surface area contributed by atoms with Gasteiger partial charge in [0.15, 0.2) is 11.5 Å². The summed E-state index contributed by atoms with van der Waals surface area (Å²) in [6.45, 7) is 5.56. The first-order chi connectivity index (χ1) is 11.4. The van der Waals surface area contributed by atoms with Crippen molar-refractivity contribution in [2.75, 3.05) is 13.2 Å². The molecule has 0 unspecified atom stereocenters. The number of barbiturate groups is 1. The summed E-state index contributed by atoms with van der Waals surface area (Å²) in [6.07, 6.45) is 2.71. The second-order valence-corrected chi connectivity index (χ2v) is 5.65. The van der Waals surface area contributed by atoms with E-state index >= 15 is 0 Å². The molecule has 1 saturated heterocycles. The van der Waals surface area contributed by atoms with Crippen LogP contribution in [0.15, 0.2) is 34.8 Å². The van der Waals surface area contributed by atoms with Gasteiger partial charge in [-0.2, -0.15) is 0 Å². The average molecular weight is 395 g/mol. The molecule has 7 nitrogen and oxygen atoms in total. The number of hydrogen-bond acceptors (Lipinski definition) is 5. The van der Waals surface area contributed by atoms with E-state index < -0.39 is 17.8 Å². The van der Waals surface area contributed by atoms with Crippen molar-refractivity contribution in [1.29, 1.82) is 0 Å². The Hall–Kier alpha value is -2.61. The van der Waals surface area contributed by atoms with E-state index in [2.05, 4.69) is 27.8 Å². The summed E-state index contributed by atoms with van der Waals surface area (Å²) < 4.78 is 5.75. The van der Waals surface area contributed by atoms with Crippen molar-refractivity contribution < 1.29 is 24.2 Å². The molecule has 0 saturated carbocycles. The Morgan fingerprint density at radius 3 is 2.71 bits per heavy atom. The van der Waals surface area contributed by atoms with Crippen LogP contribution in [-0.4, -0.2) is 41.0 Å². The highest BCUT2D eigenvalue weighted by Gasteiger charge is 2.35. The molecule has 1 aromatic rings. The Bertz CT molecular complexity index is 757. The van der Waals surface area contributed by atoms with Gasteiger partial charge in [0.2, 0.25) is 0 Å². The number of carbonyl (C=O) groups is 3. The Balaban J connectivity index is 2.47. The van der Waals surface area contributed by atoms with E-state index in [1.54, 1.807) is 6.92 Å². The van der Waals surface area contributed by atoms with Crippen molar-refractivity contribution in [2.24, 2.45) is 0 Å². The lowest BCUT2D eigenvalue weighted by atomic mass is 10.1. The minimum atomic E-state index is -0.790. The molecule has 1 heterocycles. The minimum Gasteiger partial charge on any atom is -0.504 e. The zero-order valence-corrected chi connectivity index (χ0v) is 14.4. The van der Waals surface area contributed by atoms with Gasteiger partial charge in [0.05, 0.1) is 6.61 Å². The summed E-state index contributed by atoms with van der Waals surface area (Å²) in [5.41, 5.74) is 0.243. The molecule has 4 amide bonds. The number of urea groups is 1. The zero-order valence-electron chi connectivity index (χ0n) is 12.8. The molecule has 0 aromatic heterocycles. The maximum absolute atomic E-state index is 12.4. The molecule has 8 heteroatoms. The molecule has 0 radical (unpaired) electrons. The second kappa shape index (κ2) is 7.31. The number of phenolic OH excluding ortho intramolecular Hbond substituents is 1. The van der Waals surface area contributed by atoms with Crippen LogP contribution in [-0.2, 0) is 9.59 Å². The van der Waals surface area contributed by atoms with Gasteiger partial charge < -0.3 is 9.84 Å². The smallest absolute Gasteiger partial charge is 0.331 e. The van der Waals surface area contributed by atoms with E-state index in [4.69, 9.17) is 4.74 Å². The predicted octanol–water partition coefficient (Wildman–Crippen LogP) is 2.20. The van der Waals surface area contributed by atoms with E-state index in [1.807, 2.05) is 0 Å². The largest absolute Gasteiger partial charge is 0.504 e. The molecular weight excluding hydrogens is 380 g/mol. The number of carbonyl (C=O) groups excluding carboxylic acids is 3. The van der Waals surface area contributed by atoms with Gasteiger partial charge in [-0.3, -0.25) is 19.8 Å². The molecule has 0 spiro atoms. The van der Waals surface area contributed by atoms with Crippen LogP contribution in [0.5, 0.6) is 11.5 Å². The molecule has 1 aromatic carbocycles. The number of benzene rings is 1. The van der Waals surface area contributed by atoms with Crippen LogP contribution in [0, 0.1) is 0 Å². The van der Waals surface area contributed by atoms with E-state index in [1.165, 1.54) is 24.3 Å². The Kier molecular flexibility index (Phi) is 5.40. The third-order valence-electron chi connectivity index (χ3n) is 3.18. The third kappa shape index (κ3) is 3.48. The highest BCUT2D eigenvalue weighted by atomic mass is 79.9. The number of rotatable bonds is 5. The van der Waals surface area contributed by atoms with Crippen LogP contribution in [0.25, 0.3) is 6.08 Å². The molecular formula is C16H15BrN2O5. The Labute approximate surface area is 146 Å². The first-order valence-corrected chi connectivity index (χ1v) is 7.83. The number of aromatic hydroxyl groups is 1. The summed E-state index contributed by atoms with van der Waals surface area (Å²) in [6, 6.07) is 2.10. The molecule has 24 heavy (non-hydrogen) atoms. The van der Waals surface area contributed by atoms with E-state index in [0.717, 1.165) is 4.90 Å². The summed E-state index contributed by atoms with van der Waals surface area (Å²) in [7, 11) is 0. The number of imide groups is 2. The average Bonchev–Trinajstić information content (AvgIpc) is 2.52. The highest BCUT2D eigenvalue weighted by molar-refractivity contribution is 9.10. The van der Waals surface area contributed by atoms with Gasteiger partial charge in [0.1, 0.15) is 5.57 Å². The number of hydrogen-bond donors (Lipinski definition) is 2. The topological polar surface area (TPSA) is 95.9 Å². The van der Waals surface area contributed by atoms with Crippen molar-refractivity contribution in [1.82, 2.24) is 10.2 Å². The second-order valence-electron chi connectivity index (χ2n) is 4.80. The molecule has 1 fully saturated rings. The van der Waals surface area contributed by atoms with Crippen molar-refractivity contribution in [3.63, 3.8) is 0 Å². The van der Waals surface area contributed by atoms with Gasteiger partial charge in [-0.1, -0.05) is 22.0 Å². The van der Waals surface area contributed by atoms with E-state index in [0.29, 0.717) is 16.6 Å². The SMILES string of the molecule is C=CCN1C(=O)NC(=O)C(=Cc2cc(OCC)c(O)cc2Br)C1=O. The van der Waals surface area contributed by atoms with Crippen molar-refractivity contribution in [3.05, 3.63) is 40.4 Å². The number of ether oxygens (including phenoxy) is 1. The fourth-order valence-electron chi connectivity index (χ4n) is 2.08. The molecule has 0 bridgehead atoms. The molecule has 1 aliphatic heterocycles. The molecule has 126 valence electrons. The van der Waals surface area contributed by atoms with Gasteiger partial charge in [-0.25, -0.2) is 4.79 Å². The molecule has 0 aliphatic carbocycles. The fourth-order valence-corrected chi connectivity index (χ4v) is 2.53. The van der Waals surface area contributed by atoms with Crippen molar-refractivity contribution in [2.45, 2.75) is 6.92 Å². The van der Waals surface area contributed by atoms with Crippen LogP contribution in [0.4, 0.5) is 4.79 Å². The number of phenols is 1. The summed E-state index contributed by atoms with van der Waals surface area (Å²) in [5.74, 6) is -1.37. The molecule has 1 aliphatic rings. The van der Waals surface area contributed by atoms with Crippen molar-refractivity contribution >= 4 is 39.9 Å². The van der Waals surface area contributed by atoms with E-state index in [-0.39, 0.29) is 23.6 Å². The van der Waals surface area contributed by atoms with Gasteiger partial charge in [0.25, 0.3) is 11.8 Å². The van der Waals surface area contributed by atoms with Crippen LogP contribution < -0.4 is 10.1 Å². The number of amides is 4. The zero-order chi connectivity index (χ0) is 17.9. The standard InChI is InChI=1S/C16H15BrN2O5/c1-3-5-19-15(22)10(14(21)18-16(19)23)6-9-7-13(24-4-2)12(20)8-11(9)17/h3,6-8,20H,1,4-5H2,2H3,(H,18,21,23). The van der Waals surface area contributed by atoms with Crippen molar-refractivity contribution in [3.8, 4) is 11.5 Å². The minimum absolute atomic E-state index is 0.0176. The van der Waals surface area contributed by atoms with Crippen LogP contribution >= 0.6 is 15.9 Å². The maximum atomic E-state index is 12.4. The maximum Gasteiger partial charge on any atom is 0.331 e. The monoisotopic (exact) mass is 394 g/mol. The lowest BCUT2D eigenvalue weighted by Gasteiger charge is -2.25. The fraction of sp³-hybridized carbons (Fsp3) is 0.188. The number of halogens is 1. The quantitative estimate of drug-likeness (QED) is 0.453. The Morgan fingerprint density at radius 2 is 2.08 bits per heavy atom. The van der Waals surface area contributed by atoms with Gasteiger partial charge >= 0.3 is 6.03 Å². The van der Waals surface area contributed by atoms with Gasteiger partial charge in [0, 0.05) is 11.0 Å². The normalized spacial score (nSPS) is 16.3. The highest BCUT2D eigenvalue weighted by Crippen LogP contribution is 2.34. The van der Waals surface area contributed by atoms with Crippen LogP contribution in [0.2, 0.25) is 0 Å². The Morgan fingerprint density at radius 1 is 1.38 bits per heavy atom. The molecule has 2 N–H and O–H groups in total. The first kappa shape index (κ1) is 17.7. The summed E-state index contributed by atoms with van der Waals surface area (Å²) >= 11 is 3.26. The lowest BCUT2D eigenvalue weighted by molar-refractivity contribution is -0.129. The first-order valence-electron chi connectivity index (χ1n) is 7.04. The lowest BCUT2D eigenvalue weighted by Crippen LogP contribution is -2.54. The van der Waals surface area contributed by atoms with Crippen LogP contribution in [0.3, 0.4) is 0 Å². The number of nitrogens with zero attached hydrogens (tertiary/aromatic N) is 1. The van der Waals surface area contributed by atoms with E-state index in [9.17, 15) is 19.5 Å². The van der Waals surface area contributed by atoms with Crippen LogP contribution in [0.1, 0.15) is 12.5 Å². The third-order valence-corrected chi connectivity index (χ3v) is 3.86. The molecule has 0 atom stereocenters. The number of nitrogens with one attached hydrogen (secondary N) is 1. The summed E-state index contributed by atoms with van der Waals surface area (Å²) in [4.78, 5) is 36.9. The van der Waals surface area contributed by atoms with Gasteiger partial charge in [-0.15, -0.1) is 6.58 Å². The summed E-state index contributed by atoms with van der Waals surface area (Å²) in [5, 5.41) is 11.9.